The van der Waals surface area contributed by atoms with Crippen molar-refractivity contribution < 1.29 is 32.6 Å². The number of fused-ring (bicyclic) bond motifs is 1. The van der Waals surface area contributed by atoms with Gasteiger partial charge in [-0.05, 0) is 24.6 Å². The molecule has 0 unspecified atom stereocenters. The van der Waals surface area contributed by atoms with Crippen molar-refractivity contribution in [3.8, 4) is 5.88 Å². The molecule has 0 radical (unpaired) electrons. The summed E-state index contributed by atoms with van der Waals surface area (Å²) in [6.07, 6.45) is 0.783. The number of hydrogen-bond donors (Lipinski definition) is 2. The number of nitrogens with one attached hydrogen (secondary N) is 1. The van der Waals surface area contributed by atoms with Crippen molar-refractivity contribution >= 4 is 48.3 Å². The fourth-order valence-corrected chi connectivity index (χ4v) is 5.75. The lowest BCUT2D eigenvalue weighted by Gasteiger charge is -2.11. The number of ether oxygens (including phenoxy) is 2. The zero-order valence-electron chi connectivity index (χ0n) is 18.8. The number of methoxy groups -OCH3 is 1. The van der Waals surface area contributed by atoms with Gasteiger partial charge in [0, 0.05) is 31.3 Å². The number of pyridine rings is 1. The fourth-order valence-electron chi connectivity index (χ4n) is 3.34. The number of sulfone groups is 1. The van der Waals surface area contributed by atoms with Gasteiger partial charge in [-0.1, -0.05) is 28.6 Å². The third-order valence-corrected chi connectivity index (χ3v) is 8.27. The SMILES string of the molecule is COc1ccc2nc(NC(=O)/C(=N/OCCCO)c3ccc(S(=O)(=O)[C@H]4CCOC4)cc3)sc2n1. The number of hydrogen-bond acceptors (Lipinski definition) is 11. The van der Waals surface area contributed by atoms with Crippen LogP contribution in [-0.4, -0.2) is 73.9 Å². The molecule has 1 aliphatic heterocycles. The van der Waals surface area contributed by atoms with Crippen molar-refractivity contribution in [2.75, 3.05) is 38.9 Å². The van der Waals surface area contributed by atoms with Crippen LogP contribution in [0.5, 0.6) is 5.88 Å². The molecule has 0 spiro atoms. The van der Waals surface area contributed by atoms with Gasteiger partial charge in [-0.2, -0.15) is 0 Å². The number of oxime groups is 1. The molecule has 1 fully saturated rings. The third kappa shape index (κ3) is 5.75. The largest absolute Gasteiger partial charge is 0.481 e. The summed E-state index contributed by atoms with van der Waals surface area (Å²) in [4.78, 5) is 27.7. The second kappa shape index (κ2) is 11.1. The molecule has 13 heteroatoms. The predicted octanol–water partition coefficient (Wildman–Crippen LogP) is 2.00. The van der Waals surface area contributed by atoms with Gasteiger partial charge in [-0.3, -0.25) is 10.1 Å². The van der Waals surface area contributed by atoms with Gasteiger partial charge in [0.25, 0.3) is 5.91 Å². The van der Waals surface area contributed by atoms with Crippen molar-refractivity contribution in [2.24, 2.45) is 5.16 Å². The average Bonchev–Trinajstić information content (AvgIpc) is 3.54. The first-order valence-corrected chi connectivity index (χ1v) is 13.1. The molecule has 1 amide bonds. The molecule has 1 aliphatic rings. The Bertz CT molecular complexity index is 1320. The first-order valence-electron chi connectivity index (χ1n) is 10.8. The van der Waals surface area contributed by atoms with E-state index in [1.54, 1.807) is 12.1 Å². The maximum Gasteiger partial charge on any atom is 0.280 e. The van der Waals surface area contributed by atoms with E-state index >= 15 is 0 Å². The Labute approximate surface area is 205 Å². The summed E-state index contributed by atoms with van der Waals surface area (Å²) in [5.74, 6) is -0.169. The number of aliphatic hydroxyl groups excluding tert-OH is 1. The minimum Gasteiger partial charge on any atom is -0.481 e. The molecule has 3 heterocycles. The third-order valence-electron chi connectivity index (χ3n) is 5.21. The van der Waals surface area contributed by atoms with E-state index in [-0.39, 0.29) is 30.4 Å². The van der Waals surface area contributed by atoms with Gasteiger partial charge >= 0.3 is 0 Å². The number of nitrogens with zero attached hydrogens (tertiary/aromatic N) is 3. The molecule has 3 aromatic rings. The monoisotopic (exact) mass is 520 g/mol. The Hall–Kier alpha value is -3.13. The fraction of sp³-hybridized carbons (Fsp3) is 0.364. The zero-order valence-corrected chi connectivity index (χ0v) is 20.5. The summed E-state index contributed by atoms with van der Waals surface area (Å²) in [6, 6.07) is 9.28. The highest BCUT2D eigenvalue weighted by atomic mass is 32.2. The summed E-state index contributed by atoms with van der Waals surface area (Å²) >= 11 is 1.17. The van der Waals surface area contributed by atoms with Crippen molar-refractivity contribution in [1.29, 1.82) is 0 Å². The van der Waals surface area contributed by atoms with E-state index in [1.807, 2.05) is 0 Å². The topological polar surface area (TPSA) is 149 Å². The van der Waals surface area contributed by atoms with E-state index in [0.29, 0.717) is 46.4 Å². The quantitative estimate of drug-likeness (QED) is 0.232. The zero-order chi connectivity index (χ0) is 24.8. The smallest absolute Gasteiger partial charge is 0.280 e. The summed E-state index contributed by atoms with van der Waals surface area (Å²) in [5, 5.41) is 15.3. The number of carbonyl (C=O) groups excluding carboxylic acids is 1. The van der Waals surface area contributed by atoms with Crippen LogP contribution in [0.3, 0.4) is 0 Å². The number of carbonyl (C=O) groups is 1. The molecule has 1 aromatic carbocycles. The summed E-state index contributed by atoms with van der Waals surface area (Å²) < 4.78 is 35.9. The number of rotatable bonds is 10. The number of amides is 1. The molecule has 2 aromatic heterocycles. The maximum atomic E-state index is 13.1. The van der Waals surface area contributed by atoms with Gasteiger partial charge in [0.1, 0.15) is 17.0 Å². The molecular weight excluding hydrogens is 496 g/mol. The van der Waals surface area contributed by atoms with Crippen LogP contribution in [0.25, 0.3) is 10.3 Å². The molecule has 35 heavy (non-hydrogen) atoms. The van der Waals surface area contributed by atoms with Gasteiger partial charge in [-0.15, -0.1) is 0 Å². The molecular formula is C22H24N4O7S2. The molecule has 11 nitrogen and oxygen atoms in total. The Morgan fingerprint density at radius 1 is 1.26 bits per heavy atom. The lowest BCUT2D eigenvalue weighted by molar-refractivity contribution is -0.110. The summed E-state index contributed by atoms with van der Waals surface area (Å²) in [5.41, 5.74) is 0.879. The van der Waals surface area contributed by atoms with Crippen molar-refractivity contribution in [2.45, 2.75) is 23.0 Å². The van der Waals surface area contributed by atoms with Crippen molar-refractivity contribution in [1.82, 2.24) is 9.97 Å². The molecule has 0 bridgehead atoms. The van der Waals surface area contributed by atoms with Crippen LogP contribution in [0.15, 0.2) is 46.4 Å². The van der Waals surface area contributed by atoms with Gasteiger partial charge < -0.3 is 19.4 Å². The van der Waals surface area contributed by atoms with E-state index in [2.05, 4.69) is 20.4 Å². The molecule has 0 saturated carbocycles. The van der Waals surface area contributed by atoms with Crippen molar-refractivity contribution in [3.63, 3.8) is 0 Å². The van der Waals surface area contributed by atoms with Crippen LogP contribution in [0.2, 0.25) is 0 Å². The molecule has 186 valence electrons. The summed E-state index contributed by atoms with van der Waals surface area (Å²) in [6.45, 7) is 0.599. The van der Waals surface area contributed by atoms with E-state index in [1.165, 1.54) is 42.7 Å². The maximum absolute atomic E-state index is 13.1. The van der Waals surface area contributed by atoms with E-state index < -0.39 is 21.0 Å². The lowest BCUT2D eigenvalue weighted by atomic mass is 10.1. The molecule has 2 N–H and O–H groups in total. The number of benzene rings is 1. The first-order chi connectivity index (χ1) is 16.9. The van der Waals surface area contributed by atoms with Gasteiger partial charge in [0.2, 0.25) is 5.88 Å². The minimum absolute atomic E-state index is 0.0686. The highest BCUT2D eigenvalue weighted by Gasteiger charge is 2.31. The Balaban J connectivity index is 1.57. The standard InChI is InChI=1S/C22H24N4O7S2/c1-31-18-8-7-17-21(24-18)34-22(23-17)25-20(28)19(26-33-11-2-10-27)14-3-5-15(6-4-14)35(29,30)16-9-12-32-13-16/h3-8,16,27H,2,9-13H2,1H3,(H,23,25,28)/b26-19+/t16-/m0/s1. The van der Waals surface area contributed by atoms with Gasteiger partial charge in [0.15, 0.2) is 20.7 Å². The highest BCUT2D eigenvalue weighted by Crippen LogP contribution is 2.27. The number of thiazole rings is 1. The first kappa shape index (κ1) is 25.0. The average molecular weight is 521 g/mol. The molecule has 0 aliphatic carbocycles. The second-order valence-electron chi connectivity index (χ2n) is 7.56. The Morgan fingerprint density at radius 2 is 2.06 bits per heavy atom. The molecule has 1 saturated heterocycles. The number of aliphatic hydroxyl groups is 1. The molecule has 1 atom stereocenters. The van der Waals surface area contributed by atoms with Crippen molar-refractivity contribution in [3.05, 3.63) is 42.0 Å². The van der Waals surface area contributed by atoms with Crippen LogP contribution in [0.4, 0.5) is 5.13 Å². The highest BCUT2D eigenvalue weighted by molar-refractivity contribution is 7.92. The normalized spacial score (nSPS) is 16.4. The second-order valence-corrected chi connectivity index (χ2v) is 10.8. The van der Waals surface area contributed by atoms with Gasteiger partial charge in [0.05, 0.1) is 23.9 Å². The van der Waals surface area contributed by atoms with Crippen LogP contribution >= 0.6 is 11.3 Å². The van der Waals surface area contributed by atoms with E-state index in [4.69, 9.17) is 19.4 Å². The van der Waals surface area contributed by atoms with Gasteiger partial charge in [-0.25, -0.2) is 18.4 Å². The predicted molar refractivity (Wildman–Crippen MR) is 130 cm³/mol. The Morgan fingerprint density at radius 3 is 2.74 bits per heavy atom. The van der Waals surface area contributed by atoms with E-state index in [9.17, 15) is 13.2 Å². The summed E-state index contributed by atoms with van der Waals surface area (Å²) in [7, 11) is -2.04. The van der Waals surface area contributed by atoms with Crippen LogP contribution in [-0.2, 0) is 24.2 Å². The lowest BCUT2D eigenvalue weighted by Crippen LogP contribution is -2.25. The van der Waals surface area contributed by atoms with Crippen LogP contribution in [0.1, 0.15) is 18.4 Å². The molecule has 4 rings (SSSR count). The number of anilines is 1. The van der Waals surface area contributed by atoms with Crippen LogP contribution in [0, 0.1) is 0 Å². The van der Waals surface area contributed by atoms with Crippen LogP contribution < -0.4 is 10.1 Å². The van der Waals surface area contributed by atoms with E-state index in [0.717, 1.165) is 0 Å². The number of aromatic nitrogens is 2. The Kier molecular flexibility index (Phi) is 7.90. The minimum atomic E-state index is -3.54.